The first kappa shape index (κ1) is 26.1. The highest BCUT2D eigenvalue weighted by molar-refractivity contribution is 7.99. The fourth-order valence-electron chi connectivity index (χ4n) is 3.58. The number of rotatable bonds is 10. The fourth-order valence-corrected chi connectivity index (χ4v) is 4.76. The lowest BCUT2D eigenvalue weighted by Crippen LogP contribution is -2.50. The Morgan fingerprint density at radius 3 is 2.24 bits per heavy atom. The van der Waals surface area contributed by atoms with Gasteiger partial charge in [0.25, 0.3) is 0 Å². The molecule has 4 nitrogen and oxygen atoms in total. The van der Waals surface area contributed by atoms with Crippen LogP contribution >= 0.6 is 35.0 Å². The Bertz CT molecular complexity index is 1110. The van der Waals surface area contributed by atoms with Gasteiger partial charge in [-0.2, -0.15) is 0 Å². The molecule has 3 aromatic rings. The summed E-state index contributed by atoms with van der Waals surface area (Å²) in [4.78, 5) is 28.1. The lowest BCUT2D eigenvalue weighted by atomic mass is 10.0. The molecule has 0 spiro atoms. The highest BCUT2D eigenvalue weighted by Crippen LogP contribution is 2.25. The summed E-state index contributed by atoms with van der Waals surface area (Å²) in [6.07, 6.45) is 0.440. The maximum Gasteiger partial charge on any atom is 0.242 e. The largest absolute Gasteiger partial charge is 0.357 e. The lowest BCUT2D eigenvalue weighted by Gasteiger charge is -2.31. The van der Waals surface area contributed by atoms with Crippen LogP contribution in [0.4, 0.5) is 0 Å². The predicted molar refractivity (Wildman–Crippen MR) is 142 cm³/mol. The van der Waals surface area contributed by atoms with E-state index in [2.05, 4.69) is 5.32 Å². The number of likely N-dealkylation sites (N-methyl/N-ethyl adjacent to an activating group) is 1. The number of halogens is 2. The number of amides is 2. The molecule has 1 atom stereocenters. The molecule has 0 saturated carbocycles. The number of hydrogen-bond acceptors (Lipinski definition) is 3. The van der Waals surface area contributed by atoms with Crippen molar-refractivity contribution in [3.63, 3.8) is 0 Å². The summed E-state index contributed by atoms with van der Waals surface area (Å²) in [5, 5.41) is 3.74. The van der Waals surface area contributed by atoms with E-state index >= 15 is 0 Å². The quantitative estimate of drug-likeness (QED) is 0.365. The van der Waals surface area contributed by atoms with Crippen molar-refractivity contribution < 1.29 is 9.59 Å². The number of benzene rings is 3. The van der Waals surface area contributed by atoms with Crippen molar-refractivity contribution in [2.45, 2.75) is 31.7 Å². The number of aryl methyl sites for hydroxylation is 1. The third-order valence-corrected chi connectivity index (χ3v) is 7.20. The third-order valence-electron chi connectivity index (χ3n) is 5.47. The van der Waals surface area contributed by atoms with Gasteiger partial charge in [0.2, 0.25) is 11.8 Å². The summed E-state index contributed by atoms with van der Waals surface area (Å²) >= 11 is 13.6. The van der Waals surface area contributed by atoms with Gasteiger partial charge < -0.3 is 10.2 Å². The first-order valence-electron chi connectivity index (χ1n) is 11.0. The highest BCUT2D eigenvalue weighted by Gasteiger charge is 2.29. The van der Waals surface area contributed by atoms with Gasteiger partial charge in [-0.3, -0.25) is 9.59 Å². The molecule has 1 N–H and O–H groups in total. The van der Waals surface area contributed by atoms with Crippen molar-refractivity contribution in [1.29, 1.82) is 0 Å². The van der Waals surface area contributed by atoms with Crippen LogP contribution in [0.2, 0.25) is 10.0 Å². The average Bonchev–Trinajstić information content (AvgIpc) is 2.84. The molecule has 0 bridgehead atoms. The second-order valence-corrected chi connectivity index (χ2v) is 9.87. The summed E-state index contributed by atoms with van der Waals surface area (Å²) in [5.41, 5.74) is 4.12. The van der Waals surface area contributed by atoms with E-state index in [-0.39, 0.29) is 17.6 Å². The maximum atomic E-state index is 13.5. The molecule has 0 unspecified atom stereocenters. The number of nitrogens with zero attached hydrogens (tertiary/aromatic N) is 1. The zero-order valence-electron chi connectivity index (χ0n) is 19.3. The van der Waals surface area contributed by atoms with E-state index in [1.165, 1.54) is 11.8 Å². The minimum atomic E-state index is -0.619. The monoisotopic (exact) mass is 514 g/mol. The maximum absolute atomic E-state index is 13.5. The summed E-state index contributed by atoms with van der Waals surface area (Å²) in [6.45, 7) is 2.38. The van der Waals surface area contributed by atoms with E-state index < -0.39 is 6.04 Å². The SMILES string of the molecule is CNC(=O)[C@@H](Cc1ccccc1)N(Cc1ccc(C)cc1)C(=O)CSCc1ccc(Cl)c(Cl)c1. The van der Waals surface area contributed by atoms with Crippen LogP contribution in [0, 0.1) is 6.92 Å². The normalized spacial score (nSPS) is 11.6. The first-order chi connectivity index (χ1) is 16.4. The second kappa shape index (κ2) is 12.8. The Hall–Kier alpha value is -2.47. The number of nitrogens with one attached hydrogen (secondary N) is 1. The van der Waals surface area contributed by atoms with Crippen molar-refractivity contribution in [3.05, 3.63) is 105 Å². The summed E-state index contributed by atoms with van der Waals surface area (Å²) in [6, 6.07) is 22.7. The van der Waals surface area contributed by atoms with Gasteiger partial charge in [0.05, 0.1) is 15.8 Å². The van der Waals surface area contributed by atoms with Crippen molar-refractivity contribution in [1.82, 2.24) is 10.2 Å². The van der Waals surface area contributed by atoms with Crippen LogP contribution in [0.15, 0.2) is 72.8 Å². The second-order valence-electron chi connectivity index (χ2n) is 8.07. The molecular weight excluding hydrogens is 487 g/mol. The summed E-state index contributed by atoms with van der Waals surface area (Å²) in [7, 11) is 1.61. The van der Waals surface area contributed by atoms with E-state index in [1.807, 2.05) is 73.7 Å². The minimum absolute atomic E-state index is 0.0878. The molecule has 2 amide bonds. The van der Waals surface area contributed by atoms with Crippen molar-refractivity contribution in [2.75, 3.05) is 12.8 Å². The van der Waals surface area contributed by atoms with Crippen LogP contribution in [0.5, 0.6) is 0 Å². The third kappa shape index (κ3) is 7.52. The molecule has 0 aromatic heterocycles. The Labute approximate surface area is 215 Å². The van der Waals surface area contributed by atoms with E-state index in [1.54, 1.807) is 18.0 Å². The Kier molecular flexibility index (Phi) is 9.87. The number of carbonyl (C=O) groups is 2. The Balaban J connectivity index is 1.79. The van der Waals surface area contributed by atoms with Gasteiger partial charge in [0, 0.05) is 25.8 Å². The topological polar surface area (TPSA) is 49.4 Å². The summed E-state index contributed by atoms with van der Waals surface area (Å²) in [5.74, 6) is 0.590. The molecule has 34 heavy (non-hydrogen) atoms. The molecular formula is C27H28Cl2N2O2S. The molecule has 3 rings (SSSR count). The highest BCUT2D eigenvalue weighted by atomic mass is 35.5. The van der Waals surface area contributed by atoms with E-state index in [9.17, 15) is 9.59 Å². The van der Waals surface area contributed by atoms with Gasteiger partial charge in [-0.05, 0) is 35.7 Å². The van der Waals surface area contributed by atoms with E-state index in [0.717, 1.165) is 22.3 Å². The van der Waals surface area contributed by atoms with Crippen LogP contribution in [0.3, 0.4) is 0 Å². The molecule has 0 radical (unpaired) electrons. The predicted octanol–water partition coefficient (Wildman–Crippen LogP) is 5.92. The molecule has 0 fully saturated rings. The lowest BCUT2D eigenvalue weighted by molar-refractivity contribution is -0.139. The Morgan fingerprint density at radius 1 is 0.912 bits per heavy atom. The zero-order valence-corrected chi connectivity index (χ0v) is 21.6. The standard InChI is InChI=1S/C27H28Cl2N2O2S/c1-19-8-10-21(11-9-19)16-31(25(27(33)30-2)15-20-6-4-3-5-7-20)26(32)18-34-17-22-12-13-23(28)24(29)14-22/h3-14,25H,15-18H2,1-2H3,(H,30,33)/t25-/m1/s1. The van der Waals surface area contributed by atoms with Gasteiger partial charge in [-0.1, -0.05) is 89.4 Å². The van der Waals surface area contributed by atoms with Crippen LogP contribution in [-0.4, -0.2) is 35.6 Å². The van der Waals surface area contributed by atoms with Gasteiger partial charge in [0.15, 0.2) is 0 Å². The smallest absolute Gasteiger partial charge is 0.242 e. The first-order valence-corrected chi connectivity index (χ1v) is 12.9. The van der Waals surface area contributed by atoms with Gasteiger partial charge in [-0.25, -0.2) is 0 Å². The zero-order chi connectivity index (χ0) is 24.5. The molecule has 0 saturated heterocycles. The van der Waals surface area contributed by atoms with Crippen LogP contribution in [-0.2, 0) is 28.3 Å². The van der Waals surface area contributed by atoms with Crippen molar-refractivity contribution in [2.24, 2.45) is 0 Å². The molecule has 7 heteroatoms. The number of thioether (sulfide) groups is 1. The molecule has 3 aromatic carbocycles. The van der Waals surface area contributed by atoms with Crippen molar-refractivity contribution >= 4 is 46.8 Å². The van der Waals surface area contributed by atoms with E-state index in [0.29, 0.717) is 28.8 Å². The number of carbonyl (C=O) groups excluding carboxylic acids is 2. The fraction of sp³-hybridized carbons (Fsp3) is 0.259. The molecule has 0 aliphatic carbocycles. The average molecular weight is 516 g/mol. The van der Waals surface area contributed by atoms with Crippen LogP contribution in [0.1, 0.15) is 22.3 Å². The molecule has 178 valence electrons. The summed E-state index contributed by atoms with van der Waals surface area (Å²) < 4.78 is 0. The molecule has 0 aliphatic rings. The van der Waals surface area contributed by atoms with Gasteiger partial charge in [0.1, 0.15) is 6.04 Å². The van der Waals surface area contributed by atoms with E-state index in [4.69, 9.17) is 23.2 Å². The number of hydrogen-bond donors (Lipinski definition) is 1. The van der Waals surface area contributed by atoms with Crippen LogP contribution in [0.25, 0.3) is 0 Å². The minimum Gasteiger partial charge on any atom is -0.357 e. The van der Waals surface area contributed by atoms with Gasteiger partial charge >= 0.3 is 0 Å². The Morgan fingerprint density at radius 2 is 1.59 bits per heavy atom. The van der Waals surface area contributed by atoms with Crippen molar-refractivity contribution in [3.8, 4) is 0 Å². The molecule has 0 aliphatic heterocycles. The van der Waals surface area contributed by atoms with Gasteiger partial charge in [-0.15, -0.1) is 11.8 Å². The van der Waals surface area contributed by atoms with Crippen LogP contribution < -0.4 is 5.32 Å². The molecule has 0 heterocycles.